The van der Waals surface area contributed by atoms with Crippen LogP contribution in [0.3, 0.4) is 0 Å². The van der Waals surface area contributed by atoms with Crippen molar-refractivity contribution in [2.24, 2.45) is 10.9 Å². The summed E-state index contributed by atoms with van der Waals surface area (Å²) in [5, 5.41) is 3.15. The zero-order valence-corrected chi connectivity index (χ0v) is 18.9. The Morgan fingerprint density at radius 2 is 2.07 bits per heavy atom. The van der Waals surface area contributed by atoms with Crippen molar-refractivity contribution in [3.05, 3.63) is 48.1 Å². The number of anilines is 1. The molecule has 1 amide bonds. The summed E-state index contributed by atoms with van der Waals surface area (Å²) in [6, 6.07) is 8.06. The average molecular weight is 411 g/mol. The molecule has 0 aliphatic carbocycles. The van der Waals surface area contributed by atoms with Crippen LogP contribution in [-0.2, 0) is 4.79 Å². The second kappa shape index (κ2) is 13.0. The standard InChI is InChI=1S/C25H38N4O/c1-5-10-21(11-6-2)12-9-17-27-25(30)22-15-18-29(19-16-22)20-28(4)24-14-8-7-13-23(24)26-3/h5,7-8,10-11,13-14,22H,3,6,9,12,15-20H2,1-2,4H3,(H,27,30)/b10-5-,21-11+. The van der Waals surface area contributed by atoms with Gasteiger partial charge in [0.15, 0.2) is 0 Å². The molecule has 1 aliphatic heterocycles. The van der Waals surface area contributed by atoms with Crippen molar-refractivity contribution in [1.82, 2.24) is 10.2 Å². The Hall–Kier alpha value is -2.40. The maximum atomic E-state index is 12.5. The van der Waals surface area contributed by atoms with Gasteiger partial charge in [0, 0.05) is 32.6 Å². The van der Waals surface area contributed by atoms with Gasteiger partial charge in [-0.3, -0.25) is 14.7 Å². The van der Waals surface area contributed by atoms with Crippen molar-refractivity contribution in [2.75, 3.05) is 38.3 Å². The monoisotopic (exact) mass is 410 g/mol. The molecule has 1 saturated heterocycles. The fourth-order valence-corrected chi connectivity index (χ4v) is 4.01. The van der Waals surface area contributed by atoms with Crippen LogP contribution in [0.4, 0.5) is 11.4 Å². The molecule has 1 aromatic rings. The van der Waals surface area contributed by atoms with Crippen molar-refractivity contribution < 1.29 is 4.79 Å². The van der Waals surface area contributed by atoms with E-state index >= 15 is 0 Å². The number of amides is 1. The minimum absolute atomic E-state index is 0.134. The minimum Gasteiger partial charge on any atom is -0.360 e. The summed E-state index contributed by atoms with van der Waals surface area (Å²) in [5.74, 6) is 0.353. The Morgan fingerprint density at radius 3 is 2.73 bits per heavy atom. The third kappa shape index (κ3) is 7.45. The maximum Gasteiger partial charge on any atom is 0.223 e. The summed E-state index contributed by atoms with van der Waals surface area (Å²) in [6.45, 7) is 11.3. The van der Waals surface area contributed by atoms with Gasteiger partial charge in [-0.05, 0) is 57.9 Å². The second-order valence-electron chi connectivity index (χ2n) is 7.96. The van der Waals surface area contributed by atoms with Gasteiger partial charge in [-0.1, -0.05) is 42.9 Å². The van der Waals surface area contributed by atoms with Crippen LogP contribution in [0, 0.1) is 5.92 Å². The molecule has 0 spiro atoms. The predicted molar refractivity (Wildman–Crippen MR) is 129 cm³/mol. The van der Waals surface area contributed by atoms with Gasteiger partial charge >= 0.3 is 0 Å². The SMILES string of the molecule is C=Nc1ccccc1N(C)CN1CCC(C(=O)NCCCC(/C=C\C)=C/CC)CC1. The lowest BCUT2D eigenvalue weighted by molar-refractivity contribution is -0.126. The number of aliphatic imine (C=N–C) groups is 1. The summed E-state index contributed by atoms with van der Waals surface area (Å²) in [4.78, 5) is 21.3. The zero-order chi connectivity index (χ0) is 21.8. The number of nitrogens with zero attached hydrogens (tertiary/aromatic N) is 3. The average Bonchev–Trinajstić information content (AvgIpc) is 2.77. The van der Waals surface area contributed by atoms with Crippen molar-refractivity contribution >= 4 is 24.0 Å². The molecule has 5 nitrogen and oxygen atoms in total. The molecule has 0 saturated carbocycles. The Bertz CT molecular complexity index is 732. The van der Waals surface area contributed by atoms with E-state index in [1.54, 1.807) is 0 Å². The van der Waals surface area contributed by atoms with Gasteiger partial charge in [-0.2, -0.15) is 0 Å². The van der Waals surface area contributed by atoms with Gasteiger partial charge < -0.3 is 10.2 Å². The number of rotatable bonds is 11. The van der Waals surface area contributed by atoms with Crippen LogP contribution in [0.2, 0.25) is 0 Å². The highest BCUT2D eigenvalue weighted by atomic mass is 16.1. The summed E-state index contributed by atoms with van der Waals surface area (Å²) in [6.07, 6.45) is 11.4. The molecule has 1 N–H and O–H groups in total. The van der Waals surface area contributed by atoms with Crippen LogP contribution in [0.1, 0.15) is 46.0 Å². The summed E-state index contributed by atoms with van der Waals surface area (Å²) < 4.78 is 0. The summed E-state index contributed by atoms with van der Waals surface area (Å²) in [7, 11) is 2.08. The Labute approximate surface area is 182 Å². The van der Waals surface area contributed by atoms with Gasteiger partial charge in [0.25, 0.3) is 0 Å². The Kier molecular flexibility index (Phi) is 10.4. The lowest BCUT2D eigenvalue weighted by atomic mass is 9.96. The van der Waals surface area contributed by atoms with E-state index in [1.807, 2.05) is 25.1 Å². The molecule has 0 bridgehead atoms. The number of para-hydroxylation sites is 2. The van der Waals surface area contributed by atoms with Gasteiger partial charge in [0.1, 0.15) is 0 Å². The first-order valence-corrected chi connectivity index (χ1v) is 11.2. The highest BCUT2D eigenvalue weighted by Gasteiger charge is 2.25. The second-order valence-corrected chi connectivity index (χ2v) is 7.96. The van der Waals surface area contributed by atoms with Crippen molar-refractivity contribution in [2.45, 2.75) is 46.0 Å². The fourth-order valence-electron chi connectivity index (χ4n) is 4.01. The van der Waals surface area contributed by atoms with Crippen LogP contribution < -0.4 is 10.2 Å². The van der Waals surface area contributed by atoms with Crippen LogP contribution in [-0.4, -0.2) is 50.9 Å². The van der Waals surface area contributed by atoms with E-state index in [1.165, 1.54) is 5.57 Å². The minimum atomic E-state index is 0.134. The van der Waals surface area contributed by atoms with Gasteiger partial charge in [0.2, 0.25) is 5.91 Å². The van der Waals surface area contributed by atoms with E-state index in [0.29, 0.717) is 0 Å². The highest BCUT2D eigenvalue weighted by Crippen LogP contribution is 2.27. The lowest BCUT2D eigenvalue weighted by Crippen LogP contribution is -2.44. The number of likely N-dealkylation sites (tertiary alicyclic amines) is 1. The molecule has 1 aromatic carbocycles. The molecule has 0 atom stereocenters. The number of hydrogen-bond donors (Lipinski definition) is 1. The van der Waals surface area contributed by atoms with Gasteiger partial charge in [-0.15, -0.1) is 0 Å². The molecule has 0 radical (unpaired) electrons. The number of allylic oxidation sites excluding steroid dienone is 4. The van der Waals surface area contributed by atoms with E-state index in [4.69, 9.17) is 0 Å². The molecule has 1 aliphatic rings. The predicted octanol–water partition coefficient (Wildman–Crippen LogP) is 4.93. The molecule has 0 aromatic heterocycles. The van der Waals surface area contributed by atoms with E-state index < -0.39 is 0 Å². The van der Waals surface area contributed by atoms with E-state index in [0.717, 1.165) is 69.8 Å². The van der Waals surface area contributed by atoms with Crippen molar-refractivity contribution in [3.63, 3.8) is 0 Å². The van der Waals surface area contributed by atoms with Crippen LogP contribution in [0.5, 0.6) is 0 Å². The lowest BCUT2D eigenvalue weighted by Gasteiger charge is -2.35. The smallest absolute Gasteiger partial charge is 0.223 e. The number of carbonyl (C=O) groups excluding carboxylic acids is 1. The van der Waals surface area contributed by atoms with E-state index in [9.17, 15) is 4.79 Å². The molecule has 2 rings (SSSR count). The molecular formula is C25H38N4O. The third-order valence-corrected chi connectivity index (χ3v) is 5.62. The molecule has 30 heavy (non-hydrogen) atoms. The molecule has 1 fully saturated rings. The number of nitrogens with one attached hydrogen (secondary N) is 1. The van der Waals surface area contributed by atoms with Crippen molar-refractivity contribution in [1.29, 1.82) is 0 Å². The van der Waals surface area contributed by atoms with Gasteiger partial charge in [0.05, 0.1) is 18.0 Å². The summed E-state index contributed by atoms with van der Waals surface area (Å²) in [5.41, 5.74) is 3.35. The fraction of sp³-hybridized carbons (Fsp3) is 0.520. The topological polar surface area (TPSA) is 47.9 Å². The van der Waals surface area contributed by atoms with E-state index in [-0.39, 0.29) is 11.8 Å². The molecule has 164 valence electrons. The quantitative estimate of drug-likeness (QED) is 0.319. The van der Waals surface area contributed by atoms with Gasteiger partial charge in [-0.25, -0.2) is 0 Å². The maximum absolute atomic E-state index is 12.5. The largest absolute Gasteiger partial charge is 0.360 e. The summed E-state index contributed by atoms with van der Waals surface area (Å²) >= 11 is 0. The Balaban J connectivity index is 1.71. The number of piperidine rings is 1. The normalized spacial score (nSPS) is 16.0. The first-order chi connectivity index (χ1) is 14.6. The van der Waals surface area contributed by atoms with Crippen LogP contribution in [0.15, 0.2) is 53.1 Å². The zero-order valence-electron chi connectivity index (χ0n) is 18.9. The number of benzene rings is 1. The Morgan fingerprint density at radius 1 is 1.33 bits per heavy atom. The molecule has 5 heteroatoms. The number of carbonyl (C=O) groups is 1. The molecular weight excluding hydrogens is 372 g/mol. The van der Waals surface area contributed by atoms with Crippen LogP contribution in [0.25, 0.3) is 0 Å². The first kappa shape index (κ1) is 23.9. The first-order valence-electron chi connectivity index (χ1n) is 11.2. The highest BCUT2D eigenvalue weighted by molar-refractivity contribution is 5.78. The number of hydrogen-bond acceptors (Lipinski definition) is 4. The molecule has 1 heterocycles. The van der Waals surface area contributed by atoms with E-state index in [2.05, 4.69) is 65.1 Å². The molecule has 0 unspecified atom stereocenters. The van der Waals surface area contributed by atoms with Crippen LogP contribution >= 0.6 is 0 Å². The van der Waals surface area contributed by atoms with Crippen molar-refractivity contribution in [3.8, 4) is 0 Å². The third-order valence-electron chi connectivity index (χ3n) is 5.62.